The van der Waals surface area contributed by atoms with E-state index in [-0.39, 0.29) is 17.7 Å². The van der Waals surface area contributed by atoms with E-state index in [1.54, 1.807) is 17.0 Å². The van der Waals surface area contributed by atoms with Gasteiger partial charge in [-0.15, -0.1) is 10.2 Å². The van der Waals surface area contributed by atoms with Crippen molar-refractivity contribution in [2.24, 2.45) is 0 Å². The molecular weight excluding hydrogens is 452 g/mol. The Morgan fingerprint density at radius 3 is 2.72 bits per heavy atom. The number of carbonyl (C=O) groups is 2. The highest BCUT2D eigenvalue weighted by Crippen LogP contribution is 2.35. The molecule has 1 aromatic heterocycles. The largest absolute Gasteiger partial charge is 0.312 e. The molecule has 1 aliphatic rings. The predicted molar refractivity (Wildman–Crippen MR) is 118 cm³/mol. The van der Waals surface area contributed by atoms with E-state index in [9.17, 15) is 9.59 Å². The Morgan fingerprint density at radius 1 is 1.17 bits per heavy atom. The van der Waals surface area contributed by atoms with Gasteiger partial charge in [-0.3, -0.25) is 14.9 Å². The monoisotopic (exact) mass is 470 g/mol. The standard InChI is InChI=1S/C21H19BrN4O2S/c1-12-7-8-15(9-13(12)2)26-11-14(10-18(26)27)20-24-25-21(29-20)23-19(28)16-5-3-4-6-17(16)22/h3-9,14H,10-11H2,1-2H3,(H,23,25,28)/t14-/m1/s1. The van der Waals surface area contributed by atoms with Crippen molar-refractivity contribution >= 4 is 49.9 Å². The number of aromatic nitrogens is 2. The topological polar surface area (TPSA) is 75.2 Å². The van der Waals surface area contributed by atoms with E-state index in [1.807, 2.05) is 37.3 Å². The quantitative estimate of drug-likeness (QED) is 0.599. The highest BCUT2D eigenvalue weighted by Gasteiger charge is 2.34. The molecule has 3 aromatic rings. The lowest BCUT2D eigenvalue weighted by Crippen LogP contribution is -2.24. The number of hydrogen-bond donors (Lipinski definition) is 1. The lowest BCUT2D eigenvalue weighted by atomic mass is 10.1. The molecule has 0 saturated carbocycles. The molecule has 6 nitrogen and oxygen atoms in total. The van der Waals surface area contributed by atoms with Crippen LogP contribution in [0.4, 0.5) is 10.8 Å². The van der Waals surface area contributed by atoms with Crippen molar-refractivity contribution in [2.45, 2.75) is 26.2 Å². The van der Waals surface area contributed by atoms with Crippen LogP contribution in [-0.2, 0) is 4.79 Å². The van der Waals surface area contributed by atoms with Crippen molar-refractivity contribution in [3.05, 3.63) is 68.6 Å². The first-order valence-electron chi connectivity index (χ1n) is 9.19. The fourth-order valence-corrected chi connectivity index (χ4v) is 4.57. The summed E-state index contributed by atoms with van der Waals surface area (Å²) in [6.45, 7) is 4.66. The second-order valence-corrected chi connectivity index (χ2v) is 8.92. The van der Waals surface area contributed by atoms with Crippen LogP contribution in [0, 0.1) is 13.8 Å². The number of aryl methyl sites for hydroxylation is 2. The number of amides is 2. The van der Waals surface area contributed by atoms with Crippen molar-refractivity contribution in [1.82, 2.24) is 10.2 Å². The number of nitrogens with zero attached hydrogens (tertiary/aromatic N) is 3. The Bertz CT molecular complexity index is 1100. The van der Waals surface area contributed by atoms with E-state index in [1.165, 1.54) is 16.9 Å². The zero-order valence-electron chi connectivity index (χ0n) is 16.0. The van der Waals surface area contributed by atoms with Crippen molar-refractivity contribution < 1.29 is 9.59 Å². The van der Waals surface area contributed by atoms with Crippen LogP contribution in [0.2, 0.25) is 0 Å². The van der Waals surface area contributed by atoms with Crippen LogP contribution >= 0.6 is 27.3 Å². The van der Waals surface area contributed by atoms with Crippen LogP contribution in [0.1, 0.15) is 38.8 Å². The number of rotatable bonds is 4. The first-order chi connectivity index (χ1) is 13.9. The molecule has 29 heavy (non-hydrogen) atoms. The van der Waals surface area contributed by atoms with Crippen LogP contribution in [0.5, 0.6) is 0 Å². The van der Waals surface area contributed by atoms with Gasteiger partial charge in [-0.2, -0.15) is 0 Å². The van der Waals surface area contributed by atoms with Gasteiger partial charge in [0.1, 0.15) is 5.01 Å². The minimum atomic E-state index is -0.251. The van der Waals surface area contributed by atoms with Crippen LogP contribution in [0.3, 0.4) is 0 Å². The second kappa shape index (κ2) is 8.04. The summed E-state index contributed by atoms with van der Waals surface area (Å²) in [5.74, 6) is -0.206. The maximum Gasteiger partial charge on any atom is 0.258 e. The van der Waals surface area contributed by atoms with Crippen molar-refractivity contribution in [3.8, 4) is 0 Å². The molecule has 1 aliphatic heterocycles. The second-order valence-electron chi connectivity index (χ2n) is 7.05. The molecule has 1 N–H and O–H groups in total. The normalized spacial score (nSPS) is 16.3. The van der Waals surface area contributed by atoms with Gasteiger partial charge in [0.15, 0.2) is 0 Å². The van der Waals surface area contributed by atoms with Gasteiger partial charge in [-0.25, -0.2) is 0 Å². The molecular formula is C21H19BrN4O2S. The molecule has 4 rings (SSSR count). The number of nitrogens with one attached hydrogen (secondary N) is 1. The van der Waals surface area contributed by atoms with Gasteiger partial charge < -0.3 is 4.90 Å². The zero-order valence-corrected chi connectivity index (χ0v) is 18.4. The van der Waals surface area contributed by atoms with Gasteiger partial charge in [-0.1, -0.05) is 29.5 Å². The fourth-order valence-electron chi connectivity index (χ4n) is 3.28. The Morgan fingerprint density at radius 2 is 1.97 bits per heavy atom. The summed E-state index contributed by atoms with van der Waals surface area (Å²) < 4.78 is 0.715. The average Bonchev–Trinajstić information content (AvgIpc) is 3.31. The smallest absolute Gasteiger partial charge is 0.258 e. The zero-order chi connectivity index (χ0) is 20.5. The van der Waals surface area contributed by atoms with E-state index in [0.29, 0.717) is 28.1 Å². The lowest BCUT2D eigenvalue weighted by molar-refractivity contribution is -0.117. The number of hydrogen-bond acceptors (Lipinski definition) is 5. The third kappa shape index (κ3) is 4.09. The Hall–Kier alpha value is -2.58. The van der Waals surface area contributed by atoms with Gasteiger partial charge in [0.2, 0.25) is 11.0 Å². The van der Waals surface area contributed by atoms with Gasteiger partial charge in [0.05, 0.1) is 5.56 Å². The Kier molecular flexibility index (Phi) is 5.47. The van der Waals surface area contributed by atoms with Gasteiger partial charge in [0.25, 0.3) is 5.91 Å². The maximum atomic E-state index is 12.6. The summed E-state index contributed by atoms with van der Waals surface area (Å²) in [5, 5.41) is 12.3. The predicted octanol–water partition coefficient (Wildman–Crippen LogP) is 4.69. The summed E-state index contributed by atoms with van der Waals surface area (Å²) in [7, 11) is 0. The third-order valence-corrected chi connectivity index (χ3v) is 6.75. The number of carbonyl (C=O) groups excluding carboxylic acids is 2. The van der Waals surface area contributed by atoms with Crippen molar-refractivity contribution in [2.75, 3.05) is 16.8 Å². The molecule has 0 unspecified atom stereocenters. The molecule has 1 atom stereocenters. The molecule has 8 heteroatoms. The highest BCUT2D eigenvalue weighted by molar-refractivity contribution is 9.10. The fraction of sp³-hybridized carbons (Fsp3) is 0.238. The van der Waals surface area contributed by atoms with Gasteiger partial charge in [0, 0.05) is 29.0 Å². The molecule has 148 valence electrons. The van der Waals surface area contributed by atoms with Crippen molar-refractivity contribution in [3.63, 3.8) is 0 Å². The summed E-state index contributed by atoms with van der Waals surface area (Å²) >= 11 is 4.69. The van der Waals surface area contributed by atoms with Gasteiger partial charge in [-0.05, 0) is 65.2 Å². The van der Waals surface area contributed by atoms with E-state index < -0.39 is 0 Å². The minimum Gasteiger partial charge on any atom is -0.312 e. The van der Waals surface area contributed by atoms with Crippen LogP contribution in [0.15, 0.2) is 46.9 Å². The SMILES string of the molecule is Cc1ccc(N2C[C@H](c3nnc(NC(=O)c4ccccc4Br)s3)CC2=O)cc1C. The third-order valence-electron chi connectivity index (χ3n) is 5.06. The Balaban J connectivity index is 1.47. The Labute approximate surface area is 181 Å². The summed E-state index contributed by atoms with van der Waals surface area (Å²) in [4.78, 5) is 26.8. The molecule has 0 aliphatic carbocycles. The average molecular weight is 471 g/mol. The van der Waals surface area contributed by atoms with E-state index in [2.05, 4.69) is 38.4 Å². The van der Waals surface area contributed by atoms with Gasteiger partial charge >= 0.3 is 0 Å². The summed E-state index contributed by atoms with van der Waals surface area (Å²) in [6, 6.07) is 13.3. The molecule has 1 fully saturated rings. The first-order valence-corrected chi connectivity index (χ1v) is 10.8. The van der Waals surface area contributed by atoms with Crippen LogP contribution in [0.25, 0.3) is 0 Å². The molecule has 0 spiro atoms. The molecule has 2 aromatic carbocycles. The van der Waals surface area contributed by atoms with E-state index in [0.717, 1.165) is 16.3 Å². The van der Waals surface area contributed by atoms with Crippen LogP contribution in [-0.4, -0.2) is 28.6 Å². The molecule has 1 saturated heterocycles. The van der Waals surface area contributed by atoms with Crippen molar-refractivity contribution in [1.29, 1.82) is 0 Å². The van der Waals surface area contributed by atoms with E-state index in [4.69, 9.17) is 0 Å². The number of halogens is 1. The minimum absolute atomic E-state index is 0.0317. The molecule has 0 bridgehead atoms. The van der Waals surface area contributed by atoms with Crippen LogP contribution < -0.4 is 10.2 Å². The summed E-state index contributed by atoms with van der Waals surface area (Å²) in [5.41, 5.74) is 3.80. The molecule has 0 radical (unpaired) electrons. The van der Waals surface area contributed by atoms with E-state index >= 15 is 0 Å². The summed E-state index contributed by atoms with van der Waals surface area (Å²) in [6.07, 6.45) is 0.389. The highest BCUT2D eigenvalue weighted by atomic mass is 79.9. The number of anilines is 2. The maximum absolute atomic E-state index is 12.6. The lowest BCUT2D eigenvalue weighted by Gasteiger charge is -2.17. The molecule has 2 heterocycles. The first kappa shape index (κ1) is 19.7. The number of benzene rings is 2. The molecule has 2 amide bonds.